The number of hydrogen-bond donors (Lipinski definition) is 1. The first-order valence-corrected chi connectivity index (χ1v) is 12.0. The van der Waals surface area contributed by atoms with Gasteiger partial charge in [0.2, 0.25) is 10.0 Å². The molecule has 0 unspecified atom stereocenters. The molecule has 0 saturated heterocycles. The molecule has 8 nitrogen and oxygen atoms in total. The summed E-state index contributed by atoms with van der Waals surface area (Å²) in [6, 6.07) is 9.35. The summed E-state index contributed by atoms with van der Waals surface area (Å²) in [7, 11) is -2.75. The van der Waals surface area contributed by atoms with E-state index in [1.54, 1.807) is 18.2 Å². The first-order chi connectivity index (χ1) is 15.2. The Balaban J connectivity index is 2.02. The number of amides is 1. The highest BCUT2D eigenvalue weighted by molar-refractivity contribution is 7.89. The van der Waals surface area contributed by atoms with Crippen molar-refractivity contribution in [1.29, 1.82) is 0 Å². The lowest BCUT2D eigenvalue weighted by atomic mass is 10.2. The van der Waals surface area contributed by atoms with Crippen LogP contribution in [0.4, 0.5) is 0 Å². The van der Waals surface area contributed by atoms with Gasteiger partial charge in [-0.1, -0.05) is 30.1 Å². The maximum Gasteiger partial charge on any atom is 0.255 e. The molecule has 0 radical (unpaired) electrons. The van der Waals surface area contributed by atoms with Gasteiger partial charge in [0.1, 0.15) is 4.90 Å². The minimum absolute atomic E-state index is 0.0103. The van der Waals surface area contributed by atoms with Gasteiger partial charge in [0.25, 0.3) is 5.91 Å². The SMILES string of the molecule is CCCOc1ccc(/C=N\NC(=O)CN(C)S(=O)(=O)c2cc(Cl)ccc2Cl)cc1OCC. The fourth-order valence-corrected chi connectivity index (χ4v) is 4.41. The molecule has 0 aliphatic carbocycles. The molecule has 11 heteroatoms. The molecule has 0 saturated carbocycles. The molecular weight excluding hydrogens is 477 g/mol. The summed E-state index contributed by atoms with van der Waals surface area (Å²) in [6.07, 6.45) is 2.29. The Morgan fingerprint density at radius 1 is 1.12 bits per heavy atom. The first-order valence-electron chi connectivity index (χ1n) is 9.82. The summed E-state index contributed by atoms with van der Waals surface area (Å²) >= 11 is 11.8. The Kier molecular flexibility index (Phi) is 9.77. The number of carbonyl (C=O) groups excluding carboxylic acids is 1. The lowest BCUT2D eigenvalue weighted by molar-refractivity contribution is -0.121. The molecular formula is C21H25Cl2N3O5S. The molecule has 0 atom stereocenters. The molecule has 0 heterocycles. The van der Waals surface area contributed by atoms with E-state index in [4.69, 9.17) is 32.7 Å². The summed E-state index contributed by atoms with van der Waals surface area (Å²) in [5.41, 5.74) is 2.98. The van der Waals surface area contributed by atoms with Crippen LogP contribution in [0, 0.1) is 0 Å². The van der Waals surface area contributed by atoms with Gasteiger partial charge in [0.05, 0.1) is 31.0 Å². The van der Waals surface area contributed by atoms with Crippen LogP contribution in [-0.2, 0) is 14.8 Å². The number of hydrogen-bond acceptors (Lipinski definition) is 6. The summed E-state index contributed by atoms with van der Waals surface area (Å²) < 4.78 is 37.5. The van der Waals surface area contributed by atoms with Gasteiger partial charge in [-0.25, -0.2) is 13.8 Å². The third-order valence-corrected chi connectivity index (χ3v) is 6.60. The topological polar surface area (TPSA) is 97.3 Å². The van der Waals surface area contributed by atoms with Crippen LogP contribution in [-0.4, -0.2) is 51.7 Å². The third-order valence-electron chi connectivity index (χ3n) is 4.08. The third kappa shape index (κ3) is 7.09. The van der Waals surface area contributed by atoms with Gasteiger partial charge in [-0.15, -0.1) is 0 Å². The average molecular weight is 502 g/mol. The Bertz CT molecular complexity index is 1080. The molecule has 0 bridgehead atoms. The summed E-state index contributed by atoms with van der Waals surface area (Å²) in [6.45, 7) is 4.45. The van der Waals surface area contributed by atoms with Gasteiger partial charge in [-0.3, -0.25) is 4.79 Å². The number of halogens is 2. The Morgan fingerprint density at radius 3 is 2.56 bits per heavy atom. The van der Waals surface area contributed by atoms with Crippen molar-refractivity contribution in [2.45, 2.75) is 25.2 Å². The van der Waals surface area contributed by atoms with Crippen molar-refractivity contribution in [2.75, 3.05) is 26.8 Å². The molecule has 32 heavy (non-hydrogen) atoms. The highest BCUT2D eigenvalue weighted by Crippen LogP contribution is 2.28. The predicted octanol–water partition coefficient (Wildman–Crippen LogP) is 3.95. The number of nitrogens with one attached hydrogen (secondary N) is 1. The van der Waals surface area contributed by atoms with Gasteiger partial charge in [-0.05, 0) is 55.3 Å². The lowest BCUT2D eigenvalue weighted by Gasteiger charge is -2.17. The van der Waals surface area contributed by atoms with Crippen LogP contribution in [0.3, 0.4) is 0 Å². The van der Waals surface area contributed by atoms with Crippen molar-refractivity contribution in [1.82, 2.24) is 9.73 Å². The van der Waals surface area contributed by atoms with E-state index in [-0.39, 0.29) is 14.9 Å². The molecule has 2 rings (SSSR count). The number of nitrogens with zero attached hydrogens (tertiary/aromatic N) is 2. The number of carbonyl (C=O) groups is 1. The zero-order valence-electron chi connectivity index (χ0n) is 18.0. The van der Waals surface area contributed by atoms with E-state index in [1.807, 2.05) is 13.8 Å². The predicted molar refractivity (Wildman–Crippen MR) is 125 cm³/mol. The highest BCUT2D eigenvalue weighted by Gasteiger charge is 2.25. The number of sulfonamides is 1. The number of likely N-dealkylation sites (N-methyl/N-ethyl adjacent to an activating group) is 1. The molecule has 2 aromatic rings. The smallest absolute Gasteiger partial charge is 0.255 e. The van der Waals surface area contributed by atoms with Crippen molar-refractivity contribution >= 4 is 45.3 Å². The fraction of sp³-hybridized carbons (Fsp3) is 0.333. The van der Waals surface area contributed by atoms with Crippen molar-refractivity contribution in [3.8, 4) is 11.5 Å². The number of ether oxygens (including phenoxy) is 2. The van der Waals surface area contributed by atoms with Gasteiger partial charge >= 0.3 is 0 Å². The molecule has 0 aliphatic heterocycles. The van der Waals surface area contributed by atoms with E-state index < -0.39 is 22.5 Å². The second kappa shape index (κ2) is 12.1. The summed E-state index contributed by atoms with van der Waals surface area (Å²) in [5.74, 6) is 0.570. The molecule has 0 aliphatic rings. The minimum Gasteiger partial charge on any atom is -0.490 e. The van der Waals surface area contributed by atoms with Crippen LogP contribution in [0.2, 0.25) is 10.0 Å². The van der Waals surface area contributed by atoms with Crippen molar-refractivity contribution in [3.05, 3.63) is 52.0 Å². The number of benzene rings is 2. The second-order valence-corrected chi connectivity index (χ2v) is 9.47. The normalized spacial score (nSPS) is 11.7. The Hall–Kier alpha value is -2.33. The van der Waals surface area contributed by atoms with Crippen LogP contribution in [0.25, 0.3) is 0 Å². The number of hydrazone groups is 1. The van der Waals surface area contributed by atoms with Crippen LogP contribution >= 0.6 is 23.2 Å². The Morgan fingerprint density at radius 2 is 1.88 bits per heavy atom. The van der Waals surface area contributed by atoms with Crippen molar-refractivity contribution < 1.29 is 22.7 Å². The minimum atomic E-state index is -4.02. The van der Waals surface area contributed by atoms with Crippen molar-refractivity contribution in [3.63, 3.8) is 0 Å². The summed E-state index contributed by atoms with van der Waals surface area (Å²) in [4.78, 5) is 12.0. The highest BCUT2D eigenvalue weighted by atomic mass is 35.5. The van der Waals surface area contributed by atoms with Gasteiger partial charge < -0.3 is 9.47 Å². The van der Waals surface area contributed by atoms with Crippen LogP contribution in [0.5, 0.6) is 11.5 Å². The molecule has 1 amide bonds. The molecule has 2 aromatic carbocycles. The first kappa shape index (κ1) is 25.9. The standard InChI is InChI=1S/C21H25Cl2N3O5S/c1-4-10-31-18-9-6-15(11-19(18)30-5-2)13-24-25-21(27)14-26(3)32(28,29)20-12-16(22)7-8-17(20)23/h6-9,11-13H,4-5,10,14H2,1-3H3,(H,25,27)/b24-13-. The zero-order chi connectivity index (χ0) is 23.7. The van der Waals surface area contributed by atoms with E-state index in [9.17, 15) is 13.2 Å². The number of rotatable bonds is 11. The van der Waals surface area contributed by atoms with E-state index in [0.717, 1.165) is 10.7 Å². The largest absolute Gasteiger partial charge is 0.490 e. The maximum absolute atomic E-state index is 12.7. The second-order valence-electron chi connectivity index (χ2n) is 6.62. The van der Waals surface area contributed by atoms with Gasteiger partial charge in [0, 0.05) is 12.1 Å². The summed E-state index contributed by atoms with van der Waals surface area (Å²) in [5, 5.41) is 4.11. The average Bonchev–Trinajstić information content (AvgIpc) is 2.75. The quantitative estimate of drug-likeness (QED) is 0.371. The van der Waals surface area contributed by atoms with Gasteiger partial charge in [-0.2, -0.15) is 9.41 Å². The van der Waals surface area contributed by atoms with E-state index in [1.165, 1.54) is 31.5 Å². The van der Waals surface area contributed by atoms with E-state index >= 15 is 0 Å². The molecule has 1 N–H and O–H groups in total. The van der Waals surface area contributed by atoms with E-state index in [2.05, 4.69) is 10.5 Å². The van der Waals surface area contributed by atoms with Crippen LogP contribution < -0.4 is 14.9 Å². The molecule has 0 aromatic heterocycles. The van der Waals surface area contributed by atoms with Gasteiger partial charge in [0.15, 0.2) is 11.5 Å². The van der Waals surface area contributed by atoms with E-state index in [0.29, 0.717) is 30.3 Å². The Labute approximate surface area is 198 Å². The molecule has 174 valence electrons. The fourth-order valence-electron chi connectivity index (χ4n) is 2.55. The van der Waals surface area contributed by atoms with Crippen molar-refractivity contribution in [2.24, 2.45) is 5.10 Å². The molecule has 0 fully saturated rings. The lowest BCUT2D eigenvalue weighted by Crippen LogP contribution is -2.36. The zero-order valence-corrected chi connectivity index (χ0v) is 20.3. The monoisotopic (exact) mass is 501 g/mol. The van der Waals surface area contributed by atoms with Crippen LogP contribution in [0.15, 0.2) is 46.4 Å². The maximum atomic E-state index is 12.7. The van der Waals surface area contributed by atoms with Crippen LogP contribution in [0.1, 0.15) is 25.8 Å². The molecule has 0 spiro atoms.